The van der Waals surface area contributed by atoms with Crippen LogP contribution < -0.4 is 10.5 Å². The van der Waals surface area contributed by atoms with Crippen LogP contribution in [0.3, 0.4) is 0 Å². The third-order valence-corrected chi connectivity index (χ3v) is 5.38. The summed E-state index contributed by atoms with van der Waals surface area (Å²) in [5, 5.41) is 0. The first-order chi connectivity index (χ1) is 11.8. The largest absolute Gasteiger partial charge is 0.356 e. The number of rotatable bonds is 4. The summed E-state index contributed by atoms with van der Waals surface area (Å²) in [6, 6.07) is 3.70. The van der Waals surface area contributed by atoms with E-state index >= 15 is 0 Å². The van der Waals surface area contributed by atoms with E-state index < -0.39 is 0 Å². The highest BCUT2D eigenvalue weighted by Gasteiger charge is 2.24. The molecule has 0 amide bonds. The third-order valence-electron chi connectivity index (χ3n) is 5.38. The smallest absolute Gasteiger partial charge is 0.253 e. The molecule has 6 nitrogen and oxygen atoms in total. The number of piperidine rings is 1. The molecule has 3 heterocycles. The topological polar surface area (TPSA) is 63.9 Å². The minimum atomic E-state index is 0.0355. The summed E-state index contributed by atoms with van der Waals surface area (Å²) >= 11 is 0. The number of nitrogens with zero attached hydrogens (tertiary/aromatic N) is 5. The van der Waals surface area contributed by atoms with Gasteiger partial charge < -0.3 is 4.90 Å². The second-order valence-corrected chi connectivity index (χ2v) is 6.93. The molecule has 4 rings (SSSR count). The standard InChI is InChI=1S/C18H23N5O/c24-18-4-7-19-13-23(18)11-14-5-8-22(9-6-14)17-10-16(20-12-21-17)15-2-1-3-15/h4,7,10,12-15H,1-3,5-6,8-9,11H2. The van der Waals surface area contributed by atoms with E-state index in [1.165, 1.54) is 31.0 Å². The summed E-state index contributed by atoms with van der Waals surface area (Å²) in [4.78, 5) is 27.1. The van der Waals surface area contributed by atoms with Gasteiger partial charge in [0.05, 0.1) is 6.33 Å². The SMILES string of the molecule is O=c1ccncn1CC1CCN(c2cc(C3CCC3)ncn2)CC1. The average Bonchev–Trinajstić information content (AvgIpc) is 2.56. The van der Waals surface area contributed by atoms with Crippen LogP contribution >= 0.6 is 0 Å². The van der Waals surface area contributed by atoms with Crippen LogP contribution in [0.1, 0.15) is 43.7 Å². The van der Waals surface area contributed by atoms with Crippen LogP contribution in [0.4, 0.5) is 5.82 Å². The lowest BCUT2D eigenvalue weighted by atomic mass is 9.83. The first kappa shape index (κ1) is 15.3. The highest BCUT2D eigenvalue weighted by Crippen LogP contribution is 2.36. The van der Waals surface area contributed by atoms with Crippen molar-refractivity contribution >= 4 is 5.82 Å². The molecule has 24 heavy (non-hydrogen) atoms. The van der Waals surface area contributed by atoms with Gasteiger partial charge in [-0.2, -0.15) is 0 Å². The lowest BCUT2D eigenvalue weighted by Gasteiger charge is -2.33. The third kappa shape index (κ3) is 3.18. The summed E-state index contributed by atoms with van der Waals surface area (Å²) in [6.07, 6.45) is 10.9. The minimum absolute atomic E-state index is 0.0355. The molecular weight excluding hydrogens is 302 g/mol. The quantitative estimate of drug-likeness (QED) is 0.862. The van der Waals surface area contributed by atoms with E-state index in [9.17, 15) is 4.79 Å². The molecule has 2 aromatic rings. The molecule has 126 valence electrons. The Morgan fingerprint density at radius 2 is 1.96 bits per heavy atom. The van der Waals surface area contributed by atoms with Crippen LogP contribution in [0.2, 0.25) is 0 Å². The second-order valence-electron chi connectivity index (χ2n) is 6.93. The number of hydrogen-bond donors (Lipinski definition) is 0. The fourth-order valence-electron chi connectivity index (χ4n) is 3.60. The van der Waals surface area contributed by atoms with Gasteiger partial charge in [-0.25, -0.2) is 15.0 Å². The number of aromatic nitrogens is 4. The number of anilines is 1. The predicted octanol–water partition coefficient (Wildman–Crippen LogP) is 2.22. The van der Waals surface area contributed by atoms with Gasteiger partial charge in [0, 0.05) is 49.6 Å². The van der Waals surface area contributed by atoms with Crippen molar-refractivity contribution in [1.29, 1.82) is 0 Å². The van der Waals surface area contributed by atoms with Crippen molar-refractivity contribution in [2.45, 2.75) is 44.6 Å². The molecule has 1 saturated heterocycles. The molecule has 1 saturated carbocycles. The second kappa shape index (κ2) is 6.71. The van der Waals surface area contributed by atoms with Crippen LogP contribution in [-0.2, 0) is 6.54 Å². The first-order valence-electron chi connectivity index (χ1n) is 8.87. The fraction of sp³-hybridized carbons (Fsp3) is 0.556. The molecule has 0 bridgehead atoms. The van der Waals surface area contributed by atoms with Crippen LogP contribution in [0, 0.1) is 5.92 Å². The lowest BCUT2D eigenvalue weighted by Crippen LogP contribution is -2.36. The molecule has 0 spiro atoms. The van der Waals surface area contributed by atoms with Crippen molar-refractivity contribution in [2.75, 3.05) is 18.0 Å². The van der Waals surface area contributed by atoms with Gasteiger partial charge in [0.1, 0.15) is 12.1 Å². The minimum Gasteiger partial charge on any atom is -0.356 e. The Morgan fingerprint density at radius 3 is 2.67 bits per heavy atom. The summed E-state index contributed by atoms with van der Waals surface area (Å²) in [5.74, 6) is 2.22. The normalized spacial score (nSPS) is 19.2. The Morgan fingerprint density at radius 1 is 1.12 bits per heavy atom. The molecule has 0 aromatic carbocycles. The molecule has 0 radical (unpaired) electrons. The van der Waals surface area contributed by atoms with Crippen molar-refractivity contribution in [2.24, 2.45) is 5.92 Å². The monoisotopic (exact) mass is 325 g/mol. The van der Waals surface area contributed by atoms with Crippen LogP contribution in [0.5, 0.6) is 0 Å². The first-order valence-corrected chi connectivity index (χ1v) is 8.87. The van der Waals surface area contributed by atoms with Crippen molar-refractivity contribution in [3.63, 3.8) is 0 Å². The summed E-state index contributed by atoms with van der Waals surface area (Å²) < 4.78 is 1.72. The van der Waals surface area contributed by atoms with Gasteiger partial charge in [-0.1, -0.05) is 6.42 Å². The molecule has 0 atom stereocenters. The Bertz CT molecular complexity index is 747. The van der Waals surface area contributed by atoms with E-state index in [4.69, 9.17) is 0 Å². The maximum atomic E-state index is 11.8. The van der Waals surface area contributed by atoms with Crippen molar-refractivity contribution in [3.05, 3.63) is 47.0 Å². The van der Waals surface area contributed by atoms with Gasteiger partial charge in [-0.05, 0) is 31.6 Å². The Kier molecular flexibility index (Phi) is 4.28. The molecule has 1 aliphatic carbocycles. The lowest BCUT2D eigenvalue weighted by molar-refractivity contribution is 0.350. The Hall–Kier alpha value is -2.24. The number of hydrogen-bond acceptors (Lipinski definition) is 5. The molecular formula is C18H23N5O. The zero-order valence-electron chi connectivity index (χ0n) is 13.8. The maximum absolute atomic E-state index is 11.8. The van der Waals surface area contributed by atoms with E-state index in [-0.39, 0.29) is 5.56 Å². The van der Waals surface area contributed by atoms with Gasteiger partial charge in [0.2, 0.25) is 0 Å². The van der Waals surface area contributed by atoms with Gasteiger partial charge in [-0.3, -0.25) is 9.36 Å². The molecule has 0 unspecified atom stereocenters. The molecule has 1 aliphatic heterocycles. The average molecular weight is 325 g/mol. The highest BCUT2D eigenvalue weighted by atomic mass is 16.1. The summed E-state index contributed by atoms with van der Waals surface area (Å²) in [5.41, 5.74) is 1.24. The fourth-order valence-corrected chi connectivity index (χ4v) is 3.60. The maximum Gasteiger partial charge on any atom is 0.253 e. The highest BCUT2D eigenvalue weighted by molar-refractivity contribution is 5.40. The van der Waals surface area contributed by atoms with Crippen LogP contribution in [-0.4, -0.2) is 32.6 Å². The van der Waals surface area contributed by atoms with E-state index in [2.05, 4.69) is 25.9 Å². The predicted molar refractivity (Wildman–Crippen MR) is 92.1 cm³/mol. The van der Waals surface area contributed by atoms with Crippen molar-refractivity contribution in [3.8, 4) is 0 Å². The Balaban J connectivity index is 1.37. The van der Waals surface area contributed by atoms with Crippen molar-refractivity contribution in [1.82, 2.24) is 19.5 Å². The summed E-state index contributed by atoms with van der Waals surface area (Å²) in [7, 11) is 0. The molecule has 2 aromatic heterocycles. The molecule has 6 heteroatoms. The zero-order chi connectivity index (χ0) is 16.4. The van der Waals surface area contributed by atoms with Crippen LogP contribution in [0.25, 0.3) is 0 Å². The molecule has 2 aliphatic rings. The summed E-state index contributed by atoms with van der Waals surface area (Å²) in [6.45, 7) is 2.74. The van der Waals surface area contributed by atoms with Crippen molar-refractivity contribution < 1.29 is 0 Å². The van der Waals surface area contributed by atoms with Gasteiger partial charge in [0.25, 0.3) is 5.56 Å². The van der Waals surface area contributed by atoms with E-state index in [0.29, 0.717) is 11.8 Å². The Labute approximate surface area is 141 Å². The molecule has 2 fully saturated rings. The van der Waals surface area contributed by atoms with E-state index in [1.807, 2.05) is 0 Å². The van der Waals surface area contributed by atoms with E-state index in [1.54, 1.807) is 23.4 Å². The zero-order valence-corrected chi connectivity index (χ0v) is 13.8. The van der Waals surface area contributed by atoms with Crippen LogP contribution in [0.15, 0.2) is 35.8 Å². The molecule has 0 N–H and O–H groups in total. The van der Waals surface area contributed by atoms with Gasteiger partial charge >= 0.3 is 0 Å². The van der Waals surface area contributed by atoms with Gasteiger partial charge in [0.15, 0.2) is 0 Å². The van der Waals surface area contributed by atoms with E-state index in [0.717, 1.165) is 38.3 Å². The van der Waals surface area contributed by atoms with Gasteiger partial charge in [-0.15, -0.1) is 0 Å².